The summed E-state index contributed by atoms with van der Waals surface area (Å²) in [6, 6.07) is 0. The molecule has 5 nitrogen and oxygen atoms in total. The molecule has 0 aromatic carbocycles. The van der Waals surface area contributed by atoms with Gasteiger partial charge in [-0.15, -0.1) is 0 Å². The van der Waals surface area contributed by atoms with Gasteiger partial charge in [-0.2, -0.15) is 4.37 Å². The minimum atomic E-state index is -0.571. The van der Waals surface area contributed by atoms with E-state index in [1.807, 2.05) is 13.8 Å². The Morgan fingerprint density at radius 3 is 2.72 bits per heavy atom. The normalized spacial score (nSPS) is 11.7. The number of anilines is 1. The third-order valence-electron chi connectivity index (χ3n) is 2.48. The summed E-state index contributed by atoms with van der Waals surface area (Å²) in [7, 11) is 1.40. The van der Waals surface area contributed by atoms with Crippen LogP contribution in [-0.4, -0.2) is 29.0 Å². The molecule has 0 saturated carbocycles. The molecule has 0 bridgehead atoms. The van der Waals surface area contributed by atoms with Crippen molar-refractivity contribution in [2.45, 2.75) is 34.1 Å². The zero-order chi connectivity index (χ0) is 13.8. The highest BCUT2D eigenvalue weighted by Gasteiger charge is 2.28. The van der Waals surface area contributed by atoms with E-state index in [2.05, 4.69) is 28.5 Å². The van der Waals surface area contributed by atoms with Crippen molar-refractivity contribution in [3.05, 3.63) is 5.82 Å². The molecule has 0 unspecified atom stereocenters. The van der Waals surface area contributed by atoms with E-state index in [4.69, 9.17) is 4.74 Å². The smallest absolute Gasteiger partial charge is 0.313 e. The Labute approximate surface area is 112 Å². The number of rotatable bonds is 6. The van der Waals surface area contributed by atoms with Crippen molar-refractivity contribution >= 4 is 22.6 Å². The summed E-state index contributed by atoms with van der Waals surface area (Å²) < 4.78 is 9.02. The van der Waals surface area contributed by atoms with E-state index >= 15 is 0 Å². The number of nitrogens with zero attached hydrogens (tertiary/aromatic N) is 2. The fourth-order valence-electron chi connectivity index (χ4n) is 1.42. The molecule has 18 heavy (non-hydrogen) atoms. The van der Waals surface area contributed by atoms with E-state index in [0.717, 1.165) is 17.4 Å². The molecule has 1 N–H and O–H groups in total. The van der Waals surface area contributed by atoms with Crippen LogP contribution >= 0.6 is 11.5 Å². The van der Waals surface area contributed by atoms with Gasteiger partial charge in [0.15, 0.2) is 0 Å². The number of carbonyl (C=O) groups is 1. The quantitative estimate of drug-likeness (QED) is 0.805. The number of methoxy groups -OCH3 is 1. The van der Waals surface area contributed by atoms with E-state index in [-0.39, 0.29) is 5.97 Å². The molecule has 0 atom stereocenters. The molecule has 0 aliphatic rings. The van der Waals surface area contributed by atoms with Crippen molar-refractivity contribution in [2.24, 2.45) is 11.3 Å². The third-order valence-corrected chi connectivity index (χ3v) is 3.19. The van der Waals surface area contributed by atoms with Gasteiger partial charge in [-0.05, 0) is 19.8 Å². The van der Waals surface area contributed by atoms with Crippen LogP contribution in [-0.2, 0) is 16.0 Å². The summed E-state index contributed by atoms with van der Waals surface area (Å²) >= 11 is 1.33. The lowest BCUT2D eigenvalue weighted by molar-refractivity contribution is -0.149. The summed E-state index contributed by atoms with van der Waals surface area (Å²) in [5.41, 5.74) is -0.571. The Morgan fingerprint density at radius 2 is 2.17 bits per heavy atom. The van der Waals surface area contributed by atoms with Crippen molar-refractivity contribution in [1.82, 2.24) is 9.36 Å². The monoisotopic (exact) mass is 271 g/mol. The number of carbonyl (C=O) groups excluding carboxylic acids is 1. The molecular weight excluding hydrogens is 250 g/mol. The molecule has 0 spiro atoms. The number of esters is 1. The maximum Gasteiger partial charge on any atom is 0.313 e. The van der Waals surface area contributed by atoms with Crippen LogP contribution in [0.25, 0.3) is 0 Å². The average Bonchev–Trinajstić information content (AvgIpc) is 2.72. The summed E-state index contributed by atoms with van der Waals surface area (Å²) in [5, 5.41) is 3.89. The summed E-state index contributed by atoms with van der Waals surface area (Å²) in [4.78, 5) is 15.9. The predicted molar refractivity (Wildman–Crippen MR) is 72.7 cm³/mol. The maximum absolute atomic E-state index is 11.5. The molecule has 1 heterocycles. The van der Waals surface area contributed by atoms with Crippen LogP contribution in [0.4, 0.5) is 5.13 Å². The van der Waals surface area contributed by atoms with Crippen molar-refractivity contribution in [3.8, 4) is 0 Å². The standard InChI is InChI=1S/C12H21N3O2S/c1-8(2)6-9-14-11(18-15-9)13-7-12(3,4)10(16)17-5/h8H,6-7H2,1-5H3,(H,13,14,15). The van der Waals surface area contributed by atoms with E-state index < -0.39 is 5.41 Å². The van der Waals surface area contributed by atoms with Crippen LogP contribution in [0.1, 0.15) is 33.5 Å². The molecule has 0 saturated heterocycles. The zero-order valence-corrected chi connectivity index (χ0v) is 12.4. The van der Waals surface area contributed by atoms with Crippen LogP contribution in [0.2, 0.25) is 0 Å². The Kier molecular flexibility index (Phi) is 5.07. The van der Waals surface area contributed by atoms with E-state index in [1.165, 1.54) is 18.6 Å². The first-order valence-electron chi connectivity index (χ1n) is 6.00. The summed E-state index contributed by atoms with van der Waals surface area (Å²) in [6.45, 7) is 8.42. The third kappa shape index (κ3) is 4.25. The molecule has 0 radical (unpaired) electrons. The average molecular weight is 271 g/mol. The number of aromatic nitrogens is 2. The van der Waals surface area contributed by atoms with E-state index in [9.17, 15) is 4.79 Å². The molecule has 1 rings (SSSR count). The highest BCUT2D eigenvalue weighted by molar-refractivity contribution is 7.09. The van der Waals surface area contributed by atoms with Crippen molar-refractivity contribution in [3.63, 3.8) is 0 Å². The Hall–Kier alpha value is -1.17. The molecule has 0 fully saturated rings. The van der Waals surface area contributed by atoms with Gasteiger partial charge in [0.2, 0.25) is 5.13 Å². The number of hydrogen-bond acceptors (Lipinski definition) is 6. The number of ether oxygens (including phenoxy) is 1. The largest absolute Gasteiger partial charge is 0.469 e. The fourth-order valence-corrected chi connectivity index (χ4v) is 2.01. The fraction of sp³-hybridized carbons (Fsp3) is 0.750. The lowest BCUT2D eigenvalue weighted by atomic mass is 9.94. The molecular formula is C12H21N3O2S. The van der Waals surface area contributed by atoms with Gasteiger partial charge in [-0.3, -0.25) is 4.79 Å². The number of nitrogens with one attached hydrogen (secondary N) is 1. The van der Waals surface area contributed by atoms with Crippen LogP contribution < -0.4 is 5.32 Å². The summed E-state index contributed by atoms with van der Waals surface area (Å²) in [6.07, 6.45) is 0.874. The predicted octanol–water partition coefficient (Wildman–Crippen LogP) is 2.35. The lowest BCUT2D eigenvalue weighted by Crippen LogP contribution is -2.33. The second kappa shape index (κ2) is 6.13. The molecule has 1 aromatic heterocycles. The van der Waals surface area contributed by atoms with Gasteiger partial charge < -0.3 is 10.1 Å². The van der Waals surface area contributed by atoms with Crippen LogP contribution in [0, 0.1) is 11.3 Å². The second-order valence-electron chi connectivity index (χ2n) is 5.34. The van der Waals surface area contributed by atoms with Gasteiger partial charge >= 0.3 is 5.97 Å². The number of hydrogen-bond donors (Lipinski definition) is 1. The molecule has 0 amide bonds. The maximum atomic E-state index is 11.5. The van der Waals surface area contributed by atoms with E-state index in [0.29, 0.717) is 12.5 Å². The van der Waals surface area contributed by atoms with E-state index in [1.54, 1.807) is 0 Å². The van der Waals surface area contributed by atoms with Gasteiger partial charge in [0.05, 0.1) is 12.5 Å². The van der Waals surface area contributed by atoms with Gasteiger partial charge in [-0.25, -0.2) is 4.98 Å². The summed E-state index contributed by atoms with van der Waals surface area (Å²) in [5.74, 6) is 1.16. The van der Waals surface area contributed by atoms with Gasteiger partial charge in [0.1, 0.15) is 5.82 Å². The Balaban J connectivity index is 2.53. The highest BCUT2D eigenvalue weighted by atomic mass is 32.1. The zero-order valence-electron chi connectivity index (χ0n) is 11.6. The molecule has 0 aliphatic carbocycles. The highest BCUT2D eigenvalue weighted by Crippen LogP contribution is 2.20. The first-order chi connectivity index (χ1) is 8.35. The SMILES string of the molecule is COC(=O)C(C)(C)CNc1nc(CC(C)C)ns1. The molecule has 6 heteroatoms. The molecule has 102 valence electrons. The second-order valence-corrected chi connectivity index (χ2v) is 6.09. The van der Waals surface area contributed by atoms with Crippen molar-refractivity contribution < 1.29 is 9.53 Å². The minimum Gasteiger partial charge on any atom is -0.469 e. The van der Waals surface area contributed by atoms with Crippen LogP contribution in [0.3, 0.4) is 0 Å². The van der Waals surface area contributed by atoms with Gasteiger partial charge in [0.25, 0.3) is 0 Å². The Morgan fingerprint density at radius 1 is 1.50 bits per heavy atom. The van der Waals surface area contributed by atoms with Gasteiger partial charge in [0, 0.05) is 24.5 Å². The minimum absolute atomic E-state index is 0.234. The molecule has 1 aromatic rings. The van der Waals surface area contributed by atoms with Crippen molar-refractivity contribution in [2.75, 3.05) is 19.0 Å². The van der Waals surface area contributed by atoms with Crippen LogP contribution in [0.15, 0.2) is 0 Å². The Bertz CT molecular complexity index is 402. The van der Waals surface area contributed by atoms with Crippen LogP contribution in [0.5, 0.6) is 0 Å². The van der Waals surface area contributed by atoms with Gasteiger partial charge in [-0.1, -0.05) is 13.8 Å². The molecule has 0 aliphatic heterocycles. The first kappa shape index (κ1) is 14.9. The lowest BCUT2D eigenvalue weighted by Gasteiger charge is -2.21. The topological polar surface area (TPSA) is 64.1 Å². The first-order valence-corrected chi connectivity index (χ1v) is 6.77. The van der Waals surface area contributed by atoms with Crippen molar-refractivity contribution in [1.29, 1.82) is 0 Å².